The zero-order valence-electron chi connectivity index (χ0n) is 9.99. The first kappa shape index (κ1) is 14.2. The third kappa shape index (κ3) is 4.07. The Labute approximate surface area is 91.8 Å². The maximum absolute atomic E-state index is 11.4. The van der Waals surface area contributed by atoms with Gasteiger partial charge in [0, 0.05) is 26.4 Å². The predicted molar refractivity (Wildman–Crippen MR) is 60.6 cm³/mol. The fraction of sp³-hybridized carbons (Fsp3) is 0.889. The number of carbonyl (C=O) groups is 1. The molecule has 0 saturated heterocycles. The molecule has 0 aromatic heterocycles. The van der Waals surface area contributed by atoms with E-state index in [1.54, 1.807) is 20.9 Å². The van der Waals surface area contributed by atoms with Crippen LogP contribution >= 0.6 is 0 Å². The quantitative estimate of drug-likeness (QED) is 0.771. The normalized spacial score (nSPS) is 12.3. The van der Waals surface area contributed by atoms with Crippen molar-refractivity contribution >= 4 is 15.9 Å². The molecule has 0 bridgehead atoms. The molecule has 2 amide bonds. The van der Waals surface area contributed by atoms with Crippen molar-refractivity contribution in [3.8, 4) is 0 Å². The minimum atomic E-state index is -3.16. The third-order valence-corrected chi connectivity index (χ3v) is 4.64. The van der Waals surface area contributed by atoms with E-state index >= 15 is 0 Å². The highest BCUT2D eigenvalue weighted by Gasteiger charge is 2.30. The summed E-state index contributed by atoms with van der Waals surface area (Å²) < 4.78 is 21.7. The van der Waals surface area contributed by atoms with E-state index in [2.05, 4.69) is 5.32 Å². The molecule has 0 rings (SSSR count). The van der Waals surface area contributed by atoms with Crippen molar-refractivity contribution in [3.05, 3.63) is 0 Å². The second-order valence-electron chi connectivity index (χ2n) is 4.20. The molecule has 0 spiro atoms. The number of carbonyl (C=O) groups excluding carboxylic acids is 1. The molecule has 5 nitrogen and oxygen atoms in total. The van der Waals surface area contributed by atoms with Gasteiger partial charge in [-0.15, -0.1) is 0 Å². The van der Waals surface area contributed by atoms with Crippen molar-refractivity contribution in [1.82, 2.24) is 10.2 Å². The van der Waals surface area contributed by atoms with Gasteiger partial charge in [0.25, 0.3) is 0 Å². The fourth-order valence-electron chi connectivity index (χ4n) is 0.698. The Hall–Kier alpha value is -0.780. The van der Waals surface area contributed by atoms with Crippen LogP contribution in [0.1, 0.15) is 20.8 Å². The first-order valence-electron chi connectivity index (χ1n) is 4.80. The minimum Gasteiger partial charge on any atom is -0.336 e. The van der Waals surface area contributed by atoms with Gasteiger partial charge in [0.2, 0.25) is 0 Å². The van der Waals surface area contributed by atoms with Crippen LogP contribution < -0.4 is 5.32 Å². The van der Waals surface area contributed by atoms with Crippen LogP contribution in [0.2, 0.25) is 0 Å². The summed E-state index contributed by atoms with van der Waals surface area (Å²) in [6.07, 6.45) is 1.17. The van der Waals surface area contributed by atoms with Crippen LogP contribution in [-0.4, -0.2) is 50.5 Å². The number of hydrogen-bond donors (Lipinski definition) is 1. The molecule has 0 aliphatic rings. The highest BCUT2D eigenvalue weighted by molar-refractivity contribution is 7.92. The van der Waals surface area contributed by atoms with Crippen LogP contribution in [0, 0.1) is 0 Å². The average molecular weight is 236 g/mol. The summed E-state index contributed by atoms with van der Waals surface area (Å²) >= 11 is 0. The molecule has 0 unspecified atom stereocenters. The number of amides is 2. The van der Waals surface area contributed by atoms with E-state index in [1.165, 1.54) is 11.2 Å². The summed E-state index contributed by atoms with van der Waals surface area (Å²) in [5.74, 6) is 0. The lowest BCUT2D eigenvalue weighted by Crippen LogP contribution is -2.47. The molecule has 0 heterocycles. The average Bonchev–Trinajstić information content (AvgIpc) is 2.11. The smallest absolute Gasteiger partial charge is 0.317 e. The summed E-state index contributed by atoms with van der Waals surface area (Å²) in [4.78, 5) is 12.9. The topological polar surface area (TPSA) is 66.5 Å². The van der Waals surface area contributed by atoms with Crippen LogP contribution in [0.15, 0.2) is 0 Å². The van der Waals surface area contributed by atoms with Gasteiger partial charge in [-0.3, -0.25) is 0 Å². The van der Waals surface area contributed by atoms with Crippen molar-refractivity contribution in [2.75, 3.05) is 26.4 Å². The third-order valence-electron chi connectivity index (χ3n) is 2.49. The highest BCUT2D eigenvalue weighted by atomic mass is 32.2. The zero-order valence-corrected chi connectivity index (χ0v) is 10.8. The van der Waals surface area contributed by atoms with Crippen LogP contribution in [0.3, 0.4) is 0 Å². The number of nitrogens with one attached hydrogen (secondary N) is 1. The SMILES string of the molecule is CCN(C)C(=O)NCC(C)(C)S(C)(=O)=O. The van der Waals surface area contributed by atoms with E-state index in [0.29, 0.717) is 6.54 Å². The molecule has 0 saturated carbocycles. The number of nitrogens with zero attached hydrogens (tertiary/aromatic N) is 1. The standard InChI is InChI=1S/C9H20N2O3S/c1-6-11(4)8(12)10-7-9(2,3)15(5,13)14/h6-7H2,1-5H3,(H,10,12). The van der Waals surface area contributed by atoms with E-state index in [4.69, 9.17) is 0 Å². The molecule has 0 aliphatic heterocycles. The molecule has 90 valence electrons. The van der Waals surface area contributed by atoms with Crippen molar-refractivity contribution in [3.63, 3.8) is 0 Å². The van der Waals surface area contributed by atoms with Gasteiger partial charge in [-0.1, -0.05) is 0 Å². The number of sulfone groups is 1. The Bertz CT molecular complexity index is 322. The molecule has 6 heteroatoms. The zero-order chi connectivity index (χ0) is 12.3. The summed E-state index contributed by atoms with van der Waals surface area (Å²) in [5.41, 5.74) is 0. The second-order valence-corrected chi connectivity index (χ2v) is 6.85. The van der Waals surface area contributed by atoms with Crippen LogP contribution in [0.4, 0.5) is 4.79 Å². The van der Waals surface area contributed by atoms with E-state index in [9.17, 15) is 13.2 Å². The molecule has 0 aliphatic carbocycles. The van der Waals surface area contributed by atoms with Gasteiger partial charge in [-0.05, 0) is 20.8 Å². The van der Waals surface area contributed by atoms with Crippen LogP contribution in [0.25, 0.3) is 0 Å². The fourth-order valence-corrected chi connectivity index (χ4v) is 1.03. The van der Waals surface area contributed by atoms with Gasteiger partial charge in [0.15, 0.2) is 9.84 Å². The molecule has 0 atom stereocenters. The number of urea groups is 1. The lowest BCUT2D eigenvalue weighted by atomic mass is 10.2. The van der Waals surface area contributed by atoms with Gasteiger partial charge in [0.1, 0.15) is 0 Å². The highest BCUT2D eigenvalue weighted by Crippen LogP contribution is 2.13. The van der Waals surface area contributed by atoms with Crippen molar-refractivity contribution in [1.29, 1.82) is 0 Å². The molecule has 0 fully saturated rings. The lowest BCUT2D eigenvalue weighted by Gasteiger charge is -2.24. The Morgan fingerprint density at radius 2 is 1.87 bits per heavy atom. The van der Waals surface area contributed by atoms with E-state index < -0.39 is 14.6 Å². The number of rotatable bonds is 4. The molecular formula is C9H20N2O3S. The first-order chi connectivity index (χ1) is 6.62. The second kappa shape index (κ2) is 4.83. The van der Waals surface area contributed by atoms with Gasteiger partial charge in [-0.25, -0.2) is 13.2 Å². The van der Waals surface area contributed by atoms with E-state index in [-0.39, 0.29) is 12.6 Å². The molecule has 0 aromatic rings. The summed E-state index contributed by atoms with van der Waals surface area (Å²) in [7, 11) is -1.51. The van der Waals surface area contributed by atoms with Gasteiger partial charge < -0.3 is 10.2 Å². The van der Waals surface area contributed by atoms with Gasteiger partial charge >= 0.3 is 6.03 Å². The van der Waals surface area contributed by atoms with Gasteiger partial charge in [-0.2, -0.15) is 0 Å². The molecule has 15 heavy (non-hydrogen) atoms. The Kier molecular flexibility index (Phi) is 4.58. The largest absolute Gasteiger partial charge is 0.336 e. The first-order valence-corrected chi connectivity index (χ1v) is 6.69. The maximum atomic E-state index is 11.4. The van der Waals surface area contributed by atoms with Crippen molar-refractivity contribution < 1.29 is 13.2 Å². The molecule has 0 radical (unpaired) electrons. The van der Waals surface area contributed by atoms with E-state index in [1.807, 2.05) is 6.92 Å². The Morgan fingerprint density at radius 1 is 1.40 bits per heavy atom. The van der Waals surface area contributed by atoms with Crippen molar-refractivity contribution in [2.24, 2.45) is 0 Å². The van der Waals surface area contributed by atoms with Crippen LogP contribution in [0.5, 0.6) is 0 Å². The number of hydrogen-bond acceptors (Lipinski definition) is 3. The summed E-state index contributed by atoms with van der Waals surface area (Å²) in [5, 5.41) is 2.59. The Balaban J connectivity index is 4.35. The molecular weight excluding hydrogens is 216 g/mol. The van der Waals surface area contributed by atoms with E-state index in [0.717, 1.165) is 0 Å². The van der Waals surface area contributed by atoms with Crippen molar-refractivity contribution in [2.45, 2.75) is 25.5 Å². The Morgan fingerprint density at radius 3 is 2.20 bits per heavy atom. The predicted octanol–water partition coefficient (Wildman–Crippen LogP) is 0.471. The molecule has 0 aromatic carbocycles. The van der Waals surface area contributed by atoms with Crippen LogP contribution in [-0.2, 0) is 9.84 Å². The summed E-state index contributed by atoms with van der Waals surface area (Å²) in [6.45, 7) is 5.74. The molecule has 1 N–H and O–H groups in total. The van der Waals surface area contributed by atoms with Gasteiger partial charge in [0.05, 0.1) is 4.75 Å². The lowest BCUT2D eigenvalue weighted by molar-refractivity contribution is 0.210. The monoisotopic (exact) mass is 236 g/mol. The minimum absolute atomic E-state index is 0.120. The summed E-state index contributed by atoms with van der Waals surface area (Å²) in [6, 6.07) is -0.255. The maximum Gasteiger partial charge on any atom is 0.317 e.